The number of amides is 2. The topological polar surface area (TPSA) is 172 Å². The van der Waals surface area contributed by atoms with Crippen LogP contribution in [0.4, 0.5) is 4.79 Å². The Bertz CT molecular complexity index is 362. The zero-order valence-corrected chi connectivity index (χ0v) is 10.0. The van der Waals surface area contributed by atoms with Gasteiger partial charge in [0.1, 0.15) is 24.4 Å². The number of rotatable bonds is 3. The van der Waals surface area contributed by atoms with Crippen LogP contribution >= 0.6 is 0 Å². The van der Waals surface area contributed by atoms with Gasteiger partial charge < -0.3 is 35.6 Å². The summed E-state index contributed by atoms with van der Waals surface area (Å²) in [6, 6.07) is 0. The number of methoxy groups -OCH3 is 1. The fourth-order valence-electron chi connectivity index (χ4n) is 1.74. The number of ether oxygens (including phenoxy) is 2. The molecule has 1 saturated heterocycles. The van der Waals surface area contributed by atoms with Crippen molar-refractivity contribution in [3.8, 4) is 0 Å². The van der Waals surface area contributed by atoms with Crippen molar-refractivity contribution in [2.45, 2.75) is 30.1 Å². The number of nitrogens with two attached hydrogens (primary N) is 1. The predicted octanol–water partition coefficient (Wildman–Crippen LogP) is -4.00. The van der Waals surface area contributed by atoms with E-state index in [0.29, 0.717) is 0 Å². The van der Waals surface area contributed by atoms with E-state index < -0.39 is 48.7 Å². The van der Waals surface area contributed by atoms with E-state index in [1.807, 2.05) is 5.32 Å². The van der Waals surface area contributed by atoms with Gasteiger partial charge in [0.15, 0.2) is 0 Å². The standard InChI is InChI=1S/C9H16N2O8/c1-18-8(17)11-9(7(10)16)6(15)5(14)4(13)3(2-12)19-9/h3-6,12-15H,2H2,1H3,(H2,10,16)(H,11,17)/t3-,4-,5+,6-,9+/m1/s1. The van der Waals surface area contributed by atoms with Crippen molar-refractivity contribution in [3.05, 3.63) is 0 Å². The molecule has 10 heteroatoms. The molecule has 110 valence electrons. The molecule has 10 nitrogen and oxygen atoms in total. The first-order valence-corrected chi connectivity index (χ1v) is 5.29. The van der Waals surface area contributed by atoms with Gasteiger partial charge in [0.2, 0.25) is 0 Å². The molecule has 5 atom stereocenters. The molecule has 1 rings (SSSR count). The molecule has 0 spiro atoms. The molecular formula is C9H16N2O8. The van der Waals surface area contributed by atoms with Crippen LogP contribution in [0.3, 0.4) is 0 Å². The minimum atomic E-state index is -2.51. The van der Waals surface area contributed by atoms with Crippen molar-refractivity contribution in [1.82, 2.24) is 5.32 Å². The van der Waals surface area contributed by atoms with Crippen LogP contribution in [0.2, 0.25) is 0 Å². The molecular weight excluding hydrogens is 264 g/mol. The SMILES string of the molecule is COC(=O)N[C@]1(C(N)=O)O[C@H](CO)[C@@H](O)[C@H](O)[C@H]1O. The van der Waals surface area contributed by atoms with Crippen molar-refractivity contribution in [2.75, 3.05) is 13.7 Å². The van der Waals surface area contributed by atoms with Crippen molar-refractivity contribution >= 4 is 12.0 Å². The van der Waals surface area contributed by atoms with Gasteiger partial charge in [-0.2, -0.15) is 0 Å². The number of carbonyl (C=O) groups is 2. The van der Waals surface area contributed by atoms with E-state index in [9.17, 15) is 24.9 Å². The third kappa shape index (κ3) is 2.62. The number of aliphatic hydroxyl groups excluding tert-OH is 4. The van der Waals surface area contributed by atoms with E-state index in [2.05, 4.69) is 4.74 Å². The zero-order valence-electron chi connectivity index (χ0n) is 10.0. The predicted molar refractivity (Wildman–Crippen MR) is 57.4 cm³/mol. The van der Waals surface area contributed by atoms with Crippen LogP contribution in [0.25, 0.3) is 0 Å². The Morgan fingerprint density at radius 2 is 1.95 bits per heavy atom. The van der Waals surface area contributed by atoms with Gasteiger partial charge in [-0.15, -0.1) is 0 Å². The second kappa shape index (κ2) is 5.67. The lowest BCUT2D eigenvalue weighted by Crippen LogP contribution is -2.75. The van der Waals surface area contributed by atoms with Gasteiger partial charge in [-0.1, -0.05) is 0 Å². The summed E-state index contributed by atoms with van der Waals surface area (Å²) in [5, 5.41) is 39.8. The lowest BCUT2D eigenvalue weighted by molar-refractivity contribution is -0.271. The summed E-state index contributed by atoms with van der Waals surface area (Å²) in [4.78, 5) is 22.6. The van der Waals surface area contributed by atoms with E-state index in [1.165, 1.54) is 0 Å². The summed E-state index contributed by atoms with van der Waals surface area (Å²) in [6.07, 6.45) is -8.15. The first-order valence-electron chi connectivity index (χ1n) is 5.29. The summed E-state index contributed by atoms with van der Waals surface area (Å²) in [7, 11) is 0.994. The van der Waals surface area contributed by atoms with E-state index in [-0.39, 0.29) is 0 Å². The molecule has 1 aliphatic rings. The smallest absolute Gasteiger partial charge is 0.409 e. The molecule has 0 aromatic carbocycles. The van der Waals surface area contributed by atoms with Crippen LogP contribution in [0, 0.1) is 0 Å². The quantitative estimate of drug-likeness (QED) is 0.303. The normalized spacial score (nSPS) is 38.6. The molecule has 1 aliphatic heterocycles. The number of primary amides is 1. The molecule has 0 radical (unpaired) electrons. The van der Waals surface area contributed by atoms with Crippen LogP contribution < -0.4 is 11.1 Å². The molecule has 19 heavy (non-hydrogen) atoms. The highest BCUT2D eigenvalue weighted by molar-refractivity contribution is 5.88. The largest absolute Gasteiger partial charge is 0.453 e. The minimum absolute atomic E-state index is 0.775. The molecule has 1 heterocycles. The molecule has 0 aromatic heterocycles. The van der Waals surface area contributed by atoms with E-state index in [4.69, 9.17) is 15.6 Å². The molecule has 0 aromatic rings. The Balaban J connectivity index is 3.13. The fraction of sp³-hybridized carbons (Fsp3) is 0.778. The van der Waals surface area contributed by atoms with Crippen LogP contribution in [-0.4, -0.2) is 76.3 Å². The summed E-state index contributed by atoms with van der Waals surface area (Å²) >= 11 is 0. The second-order valence-electron chi connectivity index (χ2n) is 3.98. The summed E-state index contributed by atoms with van der Waals surface area (Å²) in [5.41, 5.74) is 2.54. The van der Waals surface area contributed by atoms with Crippen LogP contribution in [0.5, 0.6) is 0 Å². The van der Waals surface area contributed by atoms with Gasteiger partial charge in [0.25, 0.3) is 11.6 Å². The molecule has 7 N–H and O–H groups in total. The summed E-state index contributed by atoms with van der Waals surface area (Å²) in [6.45, 7) is -0.775. The summed E-state index contributed by atoms with van der Waals surface area (Å²) < 4.78 is 9.21. The number of nitrogens with one attached hydrogen (secondary N) is 1. The lowest BCUT2D eigenvalue weighted by atomic mass is 9.90. The van der Waals surface area contributed by atoms with E-state index >= 15 is 0 Å². The Kier molecular flexibility index (Phi) is 4.66. The van der Waals surface area contributed by atoms with Gasteiger partial charge in [-0.3, -0.25) is 10.1 Å². The molecule has 1 fully saturated rings. The molecule has 0 bridgehead atoms. The maximum Gasteiger partial charge on any atom is 0.409 e. The number of hydrogen-bond donors (Lipinski definition) is 6. The summed E-state index contributed by atoms with van der Waals surface area (Å²) in [5.74, 6) is -1.32. The minimum Gasteiger partial charge on any atom is -0.453 e. The molecule has 0 saturated carbocycles. The van der Waals surface area contributed by atoms with Crippen molar-refractivity contribution in [2.24, 2.45) is 5.73 Å². The fourth-order valence-corrected chi connectivity index (χ4v) is 1.74. The molecule has 0 unspecified atom stereocenters. The average Bonchev–Trinajstić information content (AvgIpc) is 2.39. The first-order chi connectivity index (χ1) is 8.80. The zero-order chi connectivity index (χ0) is 14.8. The van der Waals surface area contributed by atoms with Crippen molar-refractivity contribution in [1.29, 1.82) is 0 Å². The highest BCUT2D eigenvalue weighted by atomic mass is 16.6. The Morgan fingerprint density at radius 3 is 2.37 bits per heavy atom. The maximum absolute atomic E-state index is 11.4. The number of carbonyl (C=O) groups excluding carboxylic acids is 2. The third-order valence-corrected chi connectivity index (χ3v) is 2.83. The van der Waals surface area contributed by atoms with E-state index in [1.54, 1.807) is 0 Å². The van der Waals surface area contributed by atoms with Gasteiger partial charge in [-0.25, -0.2) is 4.79 Å². The second-order valence-corrected chi connectivity index (χ2v) is 3.98. The monoisotopic (exact) mass is 280 g/mol. The number of alkyl carbamates (subject to hydrolysis) is 1. The highest BCUT2D eigenvalue weighted by Crippen LogP contribution is 2.28. The van der Waals surface area contributed by atoms with Gasteiger partial charge >= 0.3 is 6.09 Å². The third-order valence-electron chi connectivity index (χ3n) is 2.83. The average molecular weight is 280 g/mol. The Morgan fingerprint density at radius 1 is 1.37 bits per heavy atom. The number of hydrogen-bond acceptors (Lipinski definition) is 8. The Labute approximate surface area is 107 Å². The lowest BCUT2D eigenvalue weighted by Gasteiger charge is -2.46. The van der Waals surface area contributed by atoms with Crippen molar-refractivity contribution < 1.29 is 39.5 Å². The van der Waals surface area contributed by atoms with Gasteiger partial charge in [-0.05, 0) is 0 Å². The molecule has 2 amide bonds. The first kappa shape index (κ1) is 15.6. The van der Waals surface area contributed by atoms with Crippen LogP contribution in [0.15, 0.2) is 0 Å². The van der Waals surface area contributed by atoms with Gasteiger partial charge in [0, 0.05) is 0 Å². The van der Waals surface area contributed by atoms with Crippen LogP contribution in [0.1, 0.15) is 0 Å². The van der Waals surface area contributed by atoms with Crippen LogP contribution in [-0.2, 0) is 14.3 Å². The van der Waals surface area contributed by atoms with E-state index in [0.717, 1.165) is 7.11 Å². The Hall–Kier alpha value is -1.46. The van der Waals surface area contributed by atoms with Gasteiger partial charge in [0.05, 0.1) is 13.7 Å². The highest BCUT2D eigenvalue weighted by Gasteiger charge is 2.58. The number of aliphatic hydroxyl groups is 4. The van der Waals surface area contributed by atoms with Crippen molar-refractivity contribution in [3.63, 3.8) is 0 Å². The molecule has 0 aliphatic carbocycles. The maximum atomic E-state index is 11.4.